The lowest BCUT2D eigenvalue weighted by Crippen LogP contribution is -2.38. The summed E-state index contributed by atoms with van der Waals surface area (Å²) in [5.41, 5.74) is 1.54. The molecule has 1 fully saturated rings. The molecule has 202 valence electrons. The first-order valence-electron chi connectivity index (χ1n) is 12.9. The van der Waals surface area contributed by atoms with Crippen molar-refractivity contribution in [2.45, 2.75) is 44.6 Å². The van der Waals surface area contributed by atoms with Gasteiger partial charge in [-0.15, -0.1) is 0 Å². The standard InChI is InChI=1S/C27H29N7O5/c1-27(16-32-15-25(34(35)36)30-26(32)39-27)17-37-22-6-2-20(3-7-22)14-31-12-10-24(11-13-31)38-23-8-4-21(5-9-23)33-19-28-18-29-33/h2-9,15,18-19,24H,10-14,16-17H2,1H3/t27-/m1/s1. The zero-order chi connectivity index (χ0) is 26.8. The predicted molar refractivity (Wildman–Crippen MR) is 140 cm³/mol. The highest BCUT2D eigenvalue weighted by Crippen LogP contribution is 2.31. The van der Waals surface area contributed by atoms with E-state index in [0.29, 0.717) is 13.2 Å². The first-order chi connectivity index (χ1) is 18.9. The lowest BCUT2D eigenvalue weighted by atomic mass is 10.1. The van der Waals surface area contributed by atoms with E-state index in [9.17, 15) is 10.1 Å². The third kappa shape index (κ3) is 5.70. The number of aromatic nitrogens is 5. The molecule has 0 N–H and O–H groups in total. The Morgan fingerprint density at radius 3 is 2.51 bits per heavy atom. The van der Waals surface area contributed by atoms with Crippen LogP contribution in [0.2, 0.25) is 0 Å². The van der Waals surface area contributed by atoms with Crippen molar-refractivity contribution in [2.75, 3.05) is 19.7 Å². The van der Waals surface area contributed by atoms with Crippen LogP contribution in [0.1, 0.15) is 25.3 Å². The van der Waals surface area contributed by atoms with Gasteiger partial charge in [-0.05, 0) is 66.7 Å². The van der Waals surface area contributed by atoms with E-state index in [2.05, 4.69) is 32.1 Å². The van der Waals surface area contributed by atoms with Crippen LogP contribution in [0.5, 0.6) is 17.5 Å². The molecule has 0 aliphatic carbocycles. The molecular weight excluding hydrogens is 502 g/mol. The Morgan fingerprint density at radius 1 is 1.10 bits per heavy atom. The molecule has 0 spiro atoms. The second kappa shape index (κ2) is 10.4. The van der Waals surface area contributed by atoms with Crippen LogP contribution in [-0.4, -0.2) is 65.5 Å². The minimum atomic E-state index is -0.637. The molecule has 1 saturated heterocycles. The first kappa shape index (κ1) is 24.9. The van der Waals surface area contributed by atoms with Crippen LogP contribution in [0.25, 0.3) is 5.69 Å². The van der Waals surface area contributed by atoms with Gasteiger partial charge < -0.3 is 24.3 Å². The quantitative estimate of drug-likeness (QED) is 0.235. The summed E-state index contributed by atoms with van der Waals surface area (Å²) in [5, 5.41) is 15.0. The molecule has 39 heavy (non-hydrogen) atoms. The Hall–Kier alpha value is -4.45. The Balaban J connectivity index is 0.938. The van der Waals surface area contributed by atoms with Crippen LogP contribution in [0.4, 0.5) is 5.82 Å². The summed E-state index contributed by atoms with van der Waals surface area (Å²) in [7, 11) is 0. The maximum absolute atomic E-state index is 10.9. The molecule has 2 aliphatic heterocycles. The van der Waals surface area contributed by atoms with Crippen LogP contribution in [0.15, 0.2) is 67.4 Å². The van der Waals surface area contributed by atoms with Crippen LogP contribution in [-0.2, 0) is 13.1 Å². The van der Waals surface area contributed by atoms with Crippen LogP contribution >= 0.6 is 0 Å². The molecular formula is C27H29N7O5. The van der Waals surface area contributed by atoms with Gasteiger partial charge in [0.2, 0.25) is 0 Å². The van der Waals surface area contributed by atoms with E-state index in [4.69, 9.17) is 14.2 Å². The molecule has 0 amide bonds. The number of benzene rings is 2. The van der Waals surface area contributed by atoms with Crippen molar-refractivity contribution in [2.24, 2.45) is 0 Å². The second-order valence-corrected chi connectivity index (χ2v) is 10.2. The van der Waals surface area contributed by atoms with Crippen molar-refractivity contribution in [1.29, 1.82) is 0 Å². The van der Waals surface area contributed by atoms with Gasteiger partial charge in [0.15, 0.2) is 5.60 Å². The summed E-state index contributed by atoms with van der Waals surface area (Å²) >= 11 is 0. The van der Waals surface area contributed by atoms with E-state index in [1.54, 1.807) is 15.6 Å². The molecule has 0 bridgehead atoms. The van der Waals surface area contributed by atoms with E-state index in [1.807, 2.05) is 43.3 Å². The lowest BCUT2D eigenvalue weighted by molar-refractivity contribution is -0.389. The topological polar surface area (TPSA) is 123 Å². The maximum Gasteiger partial charge on any atom is 0.415 e. The summed E-state index contributed by atoms with van der Waals surface area (Å²) in [6, 6.07) is 16.3. The van der Waals surface area contributed by atoms with Crippen molar-refractivity contribution in [3.63, 3.8) is 0 Å². The molecule has 0 saturated carbocycles. The van der Waals surface area contributed by atoms with Gasteiger partial charge in [-0.2, -0.15) is 5.10 Å². The van der Waals surface area contributed by atoms with Gasteiger partial charge in [0, 0.05) is 24.6 Å². The highest BCUT2D eigenvalue weighted by atomic mass is 16.6. The molecule has 4 heterocycles. The minimum absolute atomic E-state index is 0.205. The number of ether oxygens (including phenoxy) is 3. The zero-order valence-corrected chi connectivity index (χ0v) is 21.5. The molecule has 4 aromatic rings. The molecule has 2 aromatic carbocycles. The summed E-state index contributed by atoms with van der Waals surface area (Å²) in [4.78, 5) is 20.7. The minimum Gasteiger partial charge on any atom is -0.490 e. The van der Waals surface area contributed by atoms with Gasteiger partial charge in [-0.1, -0.05) is 12.1 Å². The third-order valence-corrected chi connectivity index (χ3v) is 6.99. The molecule has 2 aliphatic rings. The molecule has 1 atom stereocenters. The number of hydrogen-bond donors (Lipinski definition) is 0. The van der Waals surface area contributed by atoms with Crippen LogP contribution in [0, 0.1) is 10.1 Å². The van der Waals surface area contributed by atoms with E-state index in [1.165, 1.54) is 18.1 Å². The number of imidazole rings is 1. The highest BCUT2D eigenvalue weighted by Gasteiger charge is 2.41. The zero-order valence-electron chi connectivity index (χ0n) is 21.5. The number of nitrogens with zero attached hydrogens (tertiary/aromatic N) is 7. The highest BCUT2D eigenvalue weighted by molar-refractivity contribution is 5.36. The summed E-state index contributed by atoms with van der Waals surface area (Å²) < 4.78 is 21.4. The van der Waals surface area contributed by atoms with Crippen LogP contribution in [0.3, 0.4) is 0 Å². The molecule has 0 radical (unpaired) electrons. The molecule has 0 unspecified atom stereocenters. The number of rotatable bonds is 9. The van der Waals surface area contributed by atoms with Gasteiger partial charge in [-0.3, -0.25) is 9.47 Å². The van der Waals surface area contributed by atoms with Crippen molar-refractivity contribution in [3.05, 3.63) is 83.1 Å². The fourth-order valence-corrected chi connectivity index (χ4v) is 4.94. The molecule has 12 heteroatoms. The monoisotopic (exact) mass is 531 g/mol. The van der Waals surface area contributed by atoms with Crippen molar-refractivity contribution in [3.8, 4) is 23.2 Å². The van der Waals surface area contributed by atoms with Crippen LogP contribution < -0.4 is 14.2 Å². The predicted octanol–water partition coefficient (Wildman–Crippen LogP) is 3.65. The van der Waals surface area contributed by atoms with Gasteiger partial charge in [0.05, 0.1) is 12.2 Å². The smallest absolute Gasteiger partial charge is 0.415 e. The van der Waals surface area contributed by atoms with Gasteiger partial charge >= 0.3 is 11.8 Å². The van der Waals surface area contributed by atoms with E-state index < -0.39 is 10.5 Å². The van der Waals surface area contributed by atoms with Crippen molar-refractivity contribution in [1.82, 2.24) is 29.2 Å². The Morgan fingerprint density at radius 2 is 1.85 bits per heavy atom. The fraction of sp³-hybridized carbons (Fsp3) is 0.370. The van der Waals surface area contributed by atoms with Gasteiger partial charge in [-0.25, -0.2) is 9.67 Å². The summed E-state index contributed by atoms with van der Waals surface area (Å²) in [6.07, 6.45) is 6.74. The SMILES string of the molecule is C[C@]1(COc2ccc(CN3CCC(Oc4ccc(-n5cncn5)cc4)CC3)cc2)Cn2cc([N+](=O)[O-])nc2O1. The van der Waals surface area contributed by atoms with Gasteiger partial charge in [0.25, 0.3) is 0 Å². The largest absolute Gasteiger partial charge is 0.490 e. The van der Waals surface area contributed by atoms with Crippen molar-refractivity contribution < 1.29 is 19.1 Å². The molecule has 12 nitrogen and oxygen atoms in total. The van der Waals surface area contributed by atoms with Crippen molar-refractivity contribution >= 4 is 5.82 Å². The average molecular weight is 532 g/mol. The number of nitro groups is 1. The molecule has 2 aromatic heterocycles. The Bertz CT molecular complexity index is 1390. The Labute approximate surface area is 224 Å². The Kier molecular flexibility index (Phi) is 6.61. The van der Waals surface area contributed by atoms with Gasteiger partial charge in [0.1, 0.15) is 43.1 Å². The second-order valence-electron chi connectivity index (χ2n) is 10.2. The summed E-state index contributed by atoms with van der Waals surface area (Å²) in [6.45, 7) is 5.48. The average Bonchev–Trinajstić information content (AvgIpc) is 3.67. The fourth-order valence-electron chi connectivity index (χ4n) is 4.94. The normalized spacial score (nSPS) is 19.4. The number of fused-ring (bicyclic) bond motifs is 1. The summed E-state index contributed by atoms with van der Waals surface area (Å²) in [5.74, 6) is 1.41. The number of likely N-dealkylation sites (tertiary alicyclic amines) is 1. The number of hydrogen-bond acceptors (Lipinski definition) is 9. The maximum atomic E-state index is 10.9. The third-order valence-electron chi connectivity index (χ3n) is 6.99. The molecule has 6 rings (SSSR count). The number of piperidine rings is 1. The first-order valence-corrected chi connectivity index (χ1v) is 12.9. The van der Waals surface area contributed by atoms with E-state index in [-0.39, 0.29) is 17.9 Å². The van der Waals surface area contributed by atoms with E-state index >= 15 is 0 Å². The van der Waals surface area contributed by atoms with E-state index in [0.717, 1.165) is 49.7 Å². The lowest BCUT2D eigenvalue weighted by Gasteiger charge is -2.32.